The molecule has 6 heteroatoms. The van der Waals surface area contributed by atoms with E-state index < -0.39 is 12.4 Å². The van der Waals surface area contributed by atoms with E-state index in [0.717, 1.165) is 11.3 Å². The molecule has 0 bridgehead atoms. The Labute approximate surface area is 125 Å². The van der Waals surface area contributed by atoms with Gasteiger partial charge in [-0.2, -0.15) is 8.78 Å². The van der Waals surface area contributed by atoms with Gasteiger partial charge in [-0.25, -0.2) is 4.39 Å². The van der Waals surface area contributed by atoms with E-state index in [1.165, 1.54) is 18.2 Å². The van der Waals surface area contributed by atoms with Crippen LogP contribution in [0.25, 0.3) is 0 Å². The van der Waals surface area contributed by atoms with Crippen LogP contribution in [0.5, 0.6) is 5.75 Å². The van der Waals surface area contributed by atoms with Crippen LogP contribution in [0.3, 0.4) is 0 Å². The molecule has 0 spiro atoms. The molecule has 0 amide bonds. The van der Waals surface area contributed by atoms with Crippen molar-refractivity contribution in [3.63, 3.8) is 0 Å². The number of rotatable bonds is 5. The van der Waals surface area contributed by atoms with Crippen molar-refractivity contribution in [1.82, 2.24) is 0 Å². The monoisotopic (exact) mass is 315 g/mol. The van der Waals surface area contributed by atoms with Crippen molar-refractivity contribution in [3.8, 4) is 5.75 Å². The fourth-order valence-electron chi connectivity index (χ4n) is 1.85. The Kier molecular flexibility index (Phi) is 4.96. The molecule has 1 unspecified atom stereocenters. The summed E-state index contributed by atoms with van der Waals surface area (Å²) in [5, 5.41) is 3.22. The molecule has 112 valence electrons. The minimum Gasteiger partial charge on any atom is -0.435 e. The topological polar surface area (TPSA) is 21.3 Å². The Hall–Kier alpha value is -1.88. The zero-order valence-corrected chi connectivity index (χ0v) is 11.9. The predicted molar refractivity (Wildman–Crippen MR) is 76.5 cm³/mol. The summed E-state index contributed by atoms with van der Waals surface area (Å²) in [6.07, 6.45) is 0. The predicted octanol–water partition coefficient (Wildman–Crippen LogP) is 5.25. The van der Waals surface area contributed by atoms with E-state index >= 15 is 0 Å². The van der Waals surface area contributed by atoms with Crippen molar-refractivity contribution in [1.29, 1.82) is 0 Å². The number of nitrogens with one attached hydrogen (secondary N) is 1. The average molecular weight is 316 g/mol. The van der Waals surface area contributed by atoms with Gasteiger partial charge in [0, 0.05) is 11.7 Å². The molecule has 2 nitrogen and oxygen atoms in total. The summed E-state index contributed by atoms with van der Waals surface area (Å²) >= 11 is 5.74. The van der Waals surface area contributed by atoms with E-state index in [0.29, 0.717) is 0 Å². The van der Waals surface area contributed by atoms with Crippen molar-refractivity contribution in [3.05, 3.63) is 58.9 Å². The van der Waals surface area contributed by atoms with E-state index in [9.17, 15) is 13.2 Å². The molecular weight excluding hydrogens is 303 g/mol. The lowest BCUT2D eigenvalue weighted by Gasteiger charge is -2.16. The van der Waals surface area contributed by atoms with Crippen molar-refractivity contribution < 1.29 is 17.9 Å². The molecule has 2 aromatic rings. The van der Waals surface area contributed by atoms with Gasteiger partial charge in [-0.1, -0.05) is 17.7 Å². The van der Waals surface area contributed by atoms with Gasteiger partial charge < -0.3 is 10.1 Å². The van der Waals surface area contributed by atoms with Crippen molar-refractivity contribution in [2.45, 2.75) is 19.6 Å². The first kappa shape index (κ1) is 15.5. The normalized spacial score (nSPS) is 12.3. The Balaban J connectivity index is 2.04. The molecule has 2 rings (SSSR count). The lowest BCUT2D eigenvalue weighted by atomic mass is 10.1. The molecule has 1 atom stereocenters. The largest absolute Gasteiger partial charge is 0.435 e. The summed E-state index contributed by atoms with van der Waals surface area (Å²) in [6, 6.07) is 10.5. The Morgan fingerprint density at radius 3 is 2.33 bits per heavy atom. The first-order chi connectivity index (χ1) is 9.95. The second-order valence-corrected chi connectivity index (χ2v) is 4.85. The molecule has 0 aromatic heterocycles. The molecule has 21 heavy (non-hydrogen) atoms. The van der Waals surface area contributed by atoms with Crippen LogP contribution in [0.1, 0.15) is 18.5 Å². The van der Waals surface area contributed by atoms with E-state index in [-0.39, 0.29) is 16.8 Å². The number of hydrogen-bond donors (Lipinski definition) is 1. The highest BCUT2D eigenvalue weighted by molar-refractivity contribution is 6.30. The Bertz CT molecular complexity index is 604. The third-order valence-corrected chi connectivity index (χ3v) is 3.20. The second kappa shape index (κ2) is 6.72. The fourth-order valence-corrected chi connectivity index (χ4v) is 2.04. The number of alkyl halides is 2. The van der Waals surface area contributed by atoms with Gasteiger partial charge in [0.1, 0.15) is 11.6 Å². The Morgan fingerprint density at radius 1 is 1.10 bits per heavy atom. The lowest BCUT2D eigenvalue weighted by molar-refractivity contribution is -0.0498. The number of ether oxygens (including phenoxy) is 1. The smallest absolute Gasteiger partial charge is 0.387 e. The molecule has 1 N–H and O–H groups in total. The third-order valence-electron chi connectivity index (χ3n) is 2.91. The summed E-state index contributed by atoms with van der Waals surface area (Å²) in [6.45, 7) is -0.961. The van der Waals surface area contributed by atoms with Crippen LogP contribution in [0.2, 0.25) is 5.02 Å². The van der Waals surface area contributed by atoms with Crippen LogP contribution in [0.4, 0.5) is 18.9 Å². The number of hydrogen-bond acceptors (Lipinski definition) is 2. The molecule has 0 fully saturated rings. The lowest BCUT2D eigenvalue weighted by Crippen LogP contribution is -2.07. The first-order valence-electron chi connectivity index (χ1n) is 6.22. The van der Waals surface area contributed by atoms with E-state index in [4.69, 9.17) is 11.6 Å². The zero-order chi connectivity index (χ0) is 15.4. The summed E-state index contributed by atoms with van der Waals surface area (Å²) in [7, 11) is 0. The number of benzene rings is 2. The molecule has 0 heterocycles. The minimum absolute atomic E-state index is 0.0573. The molecule has 0 saturated carbocycles. The second-order valence-electron chi connectivity index (χ2n) is 4.44. The number of halogens is 4. The van der Waals surface area contributed by atoms with Gasteiger partial charge >= 0.3 is 6.61 Å². The Morgan fingerprint density at radius 2 is 1.76 bits per heavy atom. The van der Waals surface area contributed by atoms with Gasteiger partial charge in [0.2, 0.25) is 0 Å². The number of anilines is 1. The summed E-state index contributed by atoms with van der Waals surface area (Å²) < 4.78 is 41.5. The summed E-state index contributed by atoms with van der Waals surface area (Å²) in [5.41, 5.74) is 1.54. The van der Waals surface area contributed by atoms with Crippen molar-refractivity contribution in [2.75, 3.05) is 5.32 Å². The van der Waals surface area contributed by atoms with E-state index in [2.05, 4.69) is 10.1 Å². The highest BCUT2D eigenvalue weighted by Gasteiger charge is 2.09. The quantitative estimate of drug-likeness (QED) is 0.813. The molecule has 0 aliphatic heterocycles. The van der Waals surface area contributed by atoms with Crippen molar-refractivity contribution in [2.24, 2.45) is 0 Å². The molecule has 0 radical (unpaired) electrons. The van der Waals surface area contributed by atoms with Crippen LogP contribution >= 0.6 is 11.6 Å². The SMILES string of the molecule is CC(Nc1ccc(OC(F)F)cc1)c1ccc(F)c(Cl)c1. The maximum absolute atomic E-state index is 13.1. The summed E-state index contributed by atoms with van der Waals surface area (Å²) in [5.74, 6) is -0.380. The maximum atomic E-state index is 13.1. The van der Waals surface area contributed by atoms with Crippen LogP contribution in [0.15, 0.2) is 42.5 Å². The van der Waals surface area contributed by atoms with Crippen LogP contribution in [-0.4, -0.2) is 6.61 Å². The molecule has 0 saturated heterocycles. The minimum atomic E-state index is -2.84. The fraction of sp³-hybridized carbons (Fsp3) is 0.200. The van der Waals surface area contributed by atoms with Crippen LogP contribution in [0, 0.1) is 5.82 Å². The van der Waals surface area contributed by atoms with E-state index in [1.807, 2.05) is 6.92 Å². The maximum Gasteiger partial charge on any atom is 0.387 e. The molecule has 0 aliphatic carbocycles. The van der Waals surface area contributed by atoms with Gasteiger partial charge in [-0.05, 0) is 48.9 Å². The van der Waals surface area contributed by atoms with Gasteiger partial charge in [0.15, 0.2) is 0 Å². The summed E-state index contributed by atoms with van der Waals surface area (Å²) in [4.78, 5) is 0. The van der Waals surface area contributed by atoms with E-state index in [1.54, 1.807) is 24.3 Å². The van der Waals surface area contributed by atoms with Gasteiger partial charge in [-0.3, -0.25) is 0 Å². The molecular formula is C15H13ClF3NO. The van der Waals surface area contributed by atoms with Gasteiger partial charge in [0.25, 0.3) is 0 Å². The standard InChI is InChI=1S/C15H13ClF3NO/c1-9(10-2-7-14(17)13(16)8-10)20-11-3-5-12(6-4-11)21-15(18)19/h2-9,15,20H,1H3. The molecule has 2 aromatic carbocycles. The third kappa shape index (κ3) is 4.29. The average Bonchev–Trinajstić information content (AvgIpc) is 2.43. The van der Waals surface area contributed by atoms with Crippen molar-refractivity contribution >= 4 is 17.3 Å². The first-order valence-corrected chi connectivity index (χ1v) is 6.60. The van der Waals surface area contributed by atoms with Crippen LogP contribution in [-0.2, 0) is 0 Å². The van der Waals surface area contributed by atoms with Gasteiger partial charge in [0.05, 0.1) is 5.02 Å². The van der Waals surface area contributed by atoms with Crippen LogP contribution < -0.4 is 10.1 Å². The highest BCUT2D eigenvalue weighted by atomic mass is 35.5. The zero-order valence-electron chi connectivity index (χ0n) is 11.1. The van der Waals surface area contributed by atoms with Gasteiger partial charge in [-0.15, -0.1) is 0 Å². The molecule has 0 aliphatic rings. The highest BCUT2D eigenvalue weighted by Crippen LogP contribution is 2.25.